The maximum atomic E-state index is 11.7. The molecule has 1 aromatic heterocycles. The predicted molar refractivity (Wildman–Crippen MR) is 98.0 cm³/mol. The molecule has 0 fully saturated rings. The zero-order valence-electron chi connectivity index (χ0n) is 13.7. The molecule has 0 aliphatic rings. The van der Waals surface area contributed by atoms with Gasteiger partial charge in [0.05, 0.1) is 5.25 Å². The van der Waals surface area contributed by atoms with Crippen LogP contribution >= 0.6 is 11.8 Å². The summed E-state index contributed by atoms with van der Waals surface area (Å²) < 4.78 is 6.04. The summed E-state index contributed by atoms with van der Waals surface area (Å²) in [7, 11) is 0. The molecule has 2 aromatic carbocycles. The number of Topliss-reactive ketones (excluding diaryl/α,β-unsaturated/α-hetero) is 1. The zero-order chi connectivity index (χ0) is 16.9. The van der Waals surface area contributed by atoms with Gasteiger partial charge in [-0.2, -0.15) is 0 Å². The average molecular weight is 337 g/mol. The van der Waals surface area contributed by atoms with Gasteiger partial charge in [-0.25, -0.2) is 4.98 Å². The molecule has 24 heavy (non-hydrogen) atoms. The maximum Gasteiger partial charge on any atom is 0.257 e. The molecule has 0 saturated heterocycles. The Morgan fingerprint density at radius 2 is 1.62 bits per heavy atom. The van der Waals surface area contributed by atoms with E-state index in [1.54, 1.807) is 6.92 Å². The summed E-state index contributed by atoms with van der Waals surface area (Å²) in [6, 6.07) is 19.9. The van der Waals surface area contributed by atoms with Gasteiger partial charge in [0.1, 0.15) is 11.5 Å². The molecule has 1 atom stereocenters. The molecule has 0 saturated carbocycles. The molecule has 0 amide bonds. The number of aromatic nitrogens is 1. The summed E-state index contributed by atoms with van der Waals surface area (Å²) in [4.78, 5) is 16.4. The highest BCUT2D eigenvalue weighted by atomic mass is 32.2. The van der Waals surface area contributed by atoms with E-state index in [9.17, 15) is 4.79 Å². The van der Waals surface area contributed by atoms with Crippen molar-refractivity contribution in [1.82, 2.24) is 4.98 Å². The van der Waals surface area contributed by atoms with Crippen LogP contribution in [0.2, 0.25) is 0 Å². The van der Waals surface area contributed by atoms with Gasteiger partial charge < -0.3 is 4.42 Å². The van der Waals surface area contributed by atoms with Crippen molar-refractivity contribution in [3.63, 3.8) is 0 Å². The molecule has 1 heterocycles. The molecule has 0 aliphatic carbocycles. The smallest absolute Gasteiger partial charge is 0.257 e. The Labute approximate surface area is 146 Å². The average Bonchev–Trinajstić information content (AvgIpc) is 3.05. The van der Waals surface area contributed by atoms with Crippen molar-refractivity contribution in [2.75, 3.05) is 0 Å². The fourth-order valence-electron chi connectivity index (χ4n) is 2.50. The molecule has 0 radical (unpaired) electrons. The summed E-state index contributed by atoms with van der Waals surface area (Å²) >= 11 is 1.39. The molecule has 0 aliphatic heterocycles. The lowest BCUT2D eigenvalue weighted by atomic mass is 10.1. The van der Waals surface area contributed by atoms with E-state index in [1.807, 2.05) is 67.6 Å². The summed E-state index contributed by atoms with van der Waals surface area (Å²) in [5, 5.41) is 0.408. The van der Waals surface area contributed by atoms with E-state index < -0.39 is 0 Å². The molecule has 0 N–H and O–H groups in total. The third-order valence-corrected chi connectivity index (χ3v) is 5.08. The second-order valence-electron chi connectivity index (χ2n) is 5.51. The van der Waals surface area contributed by atoms with Crippen molar-refractivity contribution >= 4 is 17.5 Å². The Hall–Kier alpha value is -2.33. The van der Waals surface area contributed by atoms with Crippen molar-refractivity contribution < 1.29 is 9.21 Å². The van der Waals surface area contributed by atoms with Gasteiger partial charge in [-0.3, -0.25) is 4.79 Å². The number of carbonyl (C=O) groups is 1. The minimum atomic E-state index is -0.129. The minimum absolute atomic E-state index is 0.129. The van der Waals surface area contributed by atoms with E-state index in [-0.39, 0.29) is 11.0 Å². The van der Waals surface area contributed by atoms with Gasteiger partial charge in [0.2, 0.25) is 0 Å². The number of thioether (sulfide) groups is 1. The number of carbonyl (C=O) groups excluding carboxylic acids is 1. The number of rotatable bonds is 6. The normalized spacial score (nSPS) is 12.1. The van der Waals surface area contributed by atoms with Gasteiger partial charge in [0.15, 0.2) is 5.76 Å². The Bertz CT molecular complexity index is 755. The highest BCUT2D eigenvalue weighted by Crippen LogP contribution is 2.37. The lowest BCUT2D eigenvalue weighted by molar-refractivity contribution is -0.116. The summed E-state index contributed by atoms with van der Waals surface area (Å²) in [5.41, 5.74) is 2.79. The van der Waals surface area contributed by atoms with Crippen LogP contribution in [0, 0.1) is 0 Å². The highest BCUT2D eigenvalue weighted by Gasteiger charge is 2.21. The van der Waals surface area contributed by atoms with Gasteiger partial charge in [0, 0.05) is 11.1 Å². The van der Waals surface area contributed by atoms with Crippen LogP contribution < -0.4 is 0 Å². The summed E-state index contributed by atoms with van der Waals surface area (Å²) in [6.07, 6.45) is 0.754. The monoisotopic (exact) mass is 337 g/mol. The van der Waals surface area contributed by atoms with Crippen molar-refractivity contribution in [2.24, 2.45) is 0 Å². The lowest BCUT2D eigenvalue weighted by Gasteiger charge is -2.06. The third kappa shape index (κ3) is 3.60. The number of hydrogen-bond acceptors (Lipinski definition) is 4. The fourth-order valence-corrected chi connectivity index (χ4v) is 3.35. The van der Waals surface area contributed by atoms with Gasteiger partial charge >= 0.3 is 0 Å². The first kappa shape index (κ1) is 16.5. The van der Waals surface area contributed by atoms with Crippen LogP contribution in [0.3, 0.4) is 0 Å². The van der Waals surface area contributed by atoms with Crippen molar-refractivity contribution in [2.45, 2.75) is 30.7 Å². The van der Waals surface area contributed by atoms with E-state index in [0.29, 0.717) is 5.22 Å². The fraction of sp³-hybridized carbons (Fsp3) is 0.200. The Morgan fingerprint density at radius 1 is 1.04 bits per heavy atom. The van der Waals surface area contributed by atoms with E-state index >= 15 is 0 Å². The number of benzene rings is 2. The summed E-state index contributed by atoms with van der Waals surface area (Å²) in [5.74, 6) is 0.880. The SMILES string of the molecule is CCC(Sc1nc(-c2ccccc2)c(-c2ccccc2)o1)C(C)=O. The van der Waals surface area contributed by atoms with Crippen LogP contribution in [0.15, 0.2) is 70.3 Å². The molecule has 3 nitrogen and oxygen atoms in total. The van der Waals surface area contributed by atoms with E-state index in [4.69, 9.17) is 4.42 Å². The Morgan fingerprint density at radius 3 is 2.17 bits per heavy atom. The van der Waals surface area contributed by atoms with Crippen LogP contribution in [0.25, 0.3) is 22.6 Å². The van der Waals surface area contributed by atoms with Crippen molar-refractivity contribution in [3.8, 4) is 22.6 Å². The maximum absolute atomic E-state index is 11.7. The van der Waals surface area contributed by atoms with Crippen LogP contribution in [0.1, 0.15) is 20.3 Å². The van der Waals surface area contributed by atoms with Gasteiger partial charge in [-0.1, -0.05) is 79.3 Å². The van der Waals surface area contributed by atoms with Gasteiger partial charge in [-0.15, -0.1) is 0 Å². The first-order valence-corrected chi connectivity index (χ1v) is 8.85. The lowest BCUT2D eigenvalue weighted by Crippen LogP contribution is -2.11. The Kier molecular flexibility index (Phi) is 5.16. The second-order valence-corrected chi connectivity index (χ2v) is 6.67. The topological polar surface area (TPSA) is 43.1 Å². The van der Waals surface area contributed by atoms with Gasteiger partial charge in [0.25, 0.3) is 5.22 Å². The largest absolute Gasteiger partial charge is 0.431 e. The number of nitrogens with zero attached hydrogens (tertiary/aromatic N) is 1. The van der Waals surface area contributed by atoms with Gasteiger partial charge in [-0.05, 0) is 13.3 Å². The third-order valence-electron chi connectivity index (χ3n) is 3.76. The highest BCUT2D eigenvalue weighted by molar-refractivity contribution is 8.00. The predicted octanol–water partition coefficient (Wildman–Crippen LogP) is 5.47. The molecule has 3 aromatic rings. The molecule has 122 valence electrons. The van der Waals surface area contributed by atoms with Crippen LogP contribution in [-0.4, -0.2) is 16.0 Å². The number of hydrogen-bond donors (Lipinski definition) is 0. The second kappa shape index (κ2) is 7.49. The molecule has 0 bridgehead atoms. The first-order chi connectivity index (χ1) is 11.7. The van der Waals surface area contributed by atoms with Crippen molar-refractivity contribution in [1.29, 1.82) is 0 Å². The quantitative estimate of drug-likeness (QED) is 0.560. The molecule has 4 heteroatoms. The van der Waals surface area contributed by atoms with Crippen LogP contribution in [0.5, 0.6) is 0 Å². The molecular formula is C20H19NO2S. The van der Waals surface area contributed by atoms with Crippen molar-refractivity contribution in [3.05, 3.63) is 60.7 Å². The van der Waals surface area contributed by atoms with Crippen LogP contribution in [0.4, 0.5) is 0 Å². The number of oxazole rings is 1. The van der Waals surface area contributed by atoms with Crippen LogP contribution in [-0.2, 0) is 4.79 Å². The van der Waals surface area contributed by atoms with E-state index in [1.165, 1.54) is 11.8 Å². The number of ketones is 1. The minimum Gasteiger partial charge on any atom is -0.431 e. The zero-order valence-corrected chi connectivity index (χ0v) is 14.5. The Balaban J connectivity index is 2.05. The molecule has 0 spiro atoms. The molecular weight excluding hydrogens is 318 g/mol. The summed E-state index contributed by atoms with van der Waals surface area (Å²) in [6.45, 7) is 3.61. The van der Waals surface area contributed by atoms with E-state index in [2.05, 4.69) is 4.98 Å². The molecule has 1 unspecified atom stereocenters. The molecule has 3 rings (SSSR count). The standard InChI is InChI=1S/C20H19NO2S/c1-3-17(14(2)22)24-20-21-18(15-10-6-4-7-11-15)19(23-20)16-12-8-5-9-13-16/h4-13,17H,3H2,1-2H3. The first-order valence-electron chi connectivity index (χ1n) is 7.97. The van der Waals surface area contributed by atoms with E-state index in [0.717, 1.165) is 29.0 Å².